The van der Waals surface area contributed by atoms with Gasteiger partial charge in [0.05, 0.1) is 3.57 Å². The highest BCUT2D eigenvalue weighted by Gasteiger charge is 2.50. The average molecular weight is 441 g/mol. The summed E-state index contributed by atoms with van der Waals surface area (Å²) in [4.78, 5) is 0. The zero-order chi connectivity index (χ0) is 18.0. The number of nitrogens with one attached hydrogen (secondary N) is 1. The molecule has 1 saturated carbocycles. The van der Waals surface area contributed by atoms with E-state index >= 15 is 0 Å². The number of hydrogen-bond donors (Lipinski definition) is 1. The van der Waals surface area contributed by atoms with Crippen LogP contribution in [-0.2, 0) is 12.0 Å². The molecule has 1 aliphatic heterocycles. The van der Waals surface area contributed by atoms with Crippen molar-refractivity contribution in [1.29, 1.82) is 0 Å². The molecule has 24 heavy (non-hydrogen) atoms. The summed E-state index contributed by atoms with van der Waals surface area (Å²) in [5.41, 5.74) is 3.22. The third-order valence-corrected chi connectivity index (χ3v) is 6.17. The molecule has 1 aromatic rings. The maximum Gasteiger partial charge on any atom is 0.162 e. The minimum absolute atomic E-state index is 0.166. The molecule has 2 aliphatic rings. The van der Waals surface area contributed by atoms with Crippen molar-refractivity contribution in [2.45, 2.75) is 85.4 Å². The number of fused-ring (bicyclic) bond motifs is 1. The van der Waals surface area contributed by atoms with Crippen LogP contribution in [-0.4, -0.2) is 5.72 Å². The molecule has 2 nitrogen and oxygen atoms in total. The molecule has 0 radical (unpaired) electrons. The van der Waals surface area contributed by atoms with Crippen LogP contribution in [0.1, 0.15) is 78.9 Å². The first-order valence-corrected chi connectivity index (χ1v) is 10.2. The molecule has 0 unspecified atom stereocenters. The minimum atomic E-state index is -0.221. The van der Waals surface area contributed by atoms with E-state index in [2.05, 4.69) is 88.5 Å². The first kappa shape index (κ1) is 18.5. The van der Waals surface area contributed by atoms with Gasteiger partial charge in [-0.2, -0.15) is 0 Å². The molecule has 134 valence electrons. The van der Waals surface area contributed by atoms with Crippen molar-refractivity contribution < 1.29 is 4.74 Å². The maximum atomic E-state index is 6.71. The fourth-order valence-corrected chi connectivity index (χ4v) is 5.83. The number of benzene rings is 1. The van der Waals surface area contributed by atoms with E-state index in [0.717, 1.165) is 25.1 Å². The van der Waals surface area contributed by atoms with Crippen LogP contribution in [0.4, 0.5) is 0 Å². The van der Waals surface area contributed by atoms with Crippen LogP contribution in [0.5, 0.6) is 5.75 Å². The summed E-state index contributed by atoms with van der Waals surface area (Å²) in [7, 11) is 0. The van der Waals surface area contributed by atoms with E-state index in [0.29, 0.717) is 10.8 Å². The summed E-state index contributed by atoms with van der Waals surface area (Å²) in [6.07, 6.45) is 3.39. The van der Waals surface area contributed by atoms with E-state index in [1.807, 2.05) is 0 Å². The van der Waals surface area contributed by atoms with Crippen LogP contribution < -0.4 is 10.1 Å². The second-order valence-corrected chi connectivity index (χ2v) is 11.7. The van der Waals surface area contributed by atoms with Gasteiger partial charge in [-0.05, 0) is 56.9 Å². The Labute approximate surface area is 161 Å². The van der Waals surface area contributed by atoms with Crippen molar-refractivity contribution in [2.24, 2.45) is 10.8 Å². The largest absolute Gasteiger partial charge is 0.471 e. The third-order valence-electron chi connectivity index (χ3n) is 5.37. The molecular weight excluding hydrogens is 409 g/mol. The quantitative estimate of drug-likeness (QED) is 0.499. The van der Waals surface area contributed by atoms with Gasteiger partial charge in [0.1, 0.15) is 5.75 Å². The van der Waals surface area contributed by atoms with Crippen molar-refractivity contribution in [3.8, 4) is 5.75 Å². The molecule has 1 fully saturated rings. The molecule has 0 amide bonds. The number of ether oxygens (including phenoxy) is 1. The summed E-state index contributed by atoms with van der Waals surface area (Å²) in [5, 5.41) is 3.78. The van der Waals surface area contributed by atoms with Crippen LogP contribution in [0.25, 0.3) is 0 Å². The van der Waals surface area contributed by atoms with Crippen molar-refractivity contribution in [3.05, 3.63) is 26.8 Å². The Hall–Kier alpha value is -0.290. The third kappa shape index (κ3) is 3.62. The lowest BCUT2D eigenvalue weighted by atomic mass is 9.62. The lowest BCUT2D eigenvalue weighted by Crippen LogP contribution is -2.60. The van der Waals surface area contributed by atoms with Gasteiger partial charge in [0.2, 0.25) is 0 Å². The molecule has 0 saturated heterocycles. The van der Waals surface area contributed by atoms with Crippen molar-refractivity contribution in [3.63, 3.8) is 0 Å². The Kier molecular flexibility index (Phi) is 4.32. The summed E-state index contributed by atoms with van der Waals surface area (Å²) in [5.74, 6) is 1.11. The van der Waals surface area contributed by atoms with Gasteiger partial charge in [0.15, 0.2) is 5.72 Å². The highest BCUT2D eigenvalue weighted by Crippen LogP contribution is 2.52. The summed E-state index contributed by atoms with van der Waals surface area (Å²) in [6.45, 7) is 17.2. The molecule has 1 aliphatic carbocycles. The average Bonchev–Trinajstić information content (AvgIpc) is 2.34. The Balaban J connectivity index is 1.98. The molecule has 1 heterocycles. The predicted octanol–water partition coefficient (Wildman–Crippen LogP) is 6.00. The minimum Gasteiger partial charge on any atom is -0.471 e. The van der Waals surface area contributed by atoms with Gasteiger partial charge in [-0.1, -0.05) is 54.5 Å². The Morgan fingerprint density at radius 3 is 2.12 bits per heavy atom. The van der Waals surface area contributed by atoms with Gasteiger partial charge < -0.3 is 4.74 Å². The van der Waals surface area contributed by atoms with E-state index in [1.54, 1.807) is 0 Å². The lowest BCUT2D eigenvalue weighted by Gasteiger charge is -2.53. The molecule has 3 heteroatoms. The lowest BCUT2D eigenvalue weighted by molar-refractivity contribution is -0.0985. The predicted molar refractivity (Wildman–Crippen MR) is 109 cm³/mol. The molecule has 0 aromatic heterocycles. The topological polar surface area (TPSA) is 21.3 Å². The number of hydrogen-bond acceptors (Lipinski definition) is 2. The van der Waals surface area contributed by atoms with E-state index in [9.17, 15) is 0 Å². The van der Waals surface area contributed by atoms with Crippen LogP contribution in [0, 0.1) is 14.4 Å². The number of halogens is 1. The second kappa shape index (κ2) is 5.60. The zero-order valence-electron chi connectivity index (χ0n) is 16.3. The van der Waals surface area contributed by atoms with Crippen molar-refractivity contribution >= 4 is 22.6 Å². The zero-order valence-corrected chi connectivity index (χ0v) is 18.4. The van der Waals surface area contributed by atoms with Gasteiger partial charge in [-0.3, -0.25) is 5.32 Å². The van der Waals surface area contributed by atoms with Crippen LogP contribution in [0.15, 0.2) is 12.1 Å². The molecular formula is C21H32INO. The summed E-state index contributed by atoms with van der Waals surface area (Å²) in [6, 6.07) is 4.63. The summed E-state index contributed by atoms with van der Waals surface area (Å²) < 4.78 is 7.96. The molecule has 1 N–H and O–H groups in total. The fourth-order valence-electron chi connectivity index (χ4n) is 5.04. The maximum absolute atomic E-state index is 6.71. The van der Waals surface area contributed by atoms with Crippen LogP contribution >= 0.6 is 22.6 Å². The smallest absolute Gasteiger partial charge is 0.162 e. The number of rotatable bonds is 0. The monoisotopic (exact) mass is 441 g/mol. The second-order valence-electron chi connectivity index (χ2n) is 10.5. The Morgan fingerprint density at radius 2 is 1.58 bits per heavy atom. The fraction of sp³-hybridized carbons (Fsp3) is 0.714. The van der Waals surface area contributed by atoms with Gasteiger partial charge in [0.25, 0.3) is 0 Å². The van der Waals surface area contributed by atoms with E-state index in [-0.39, 0.29) is 11.1 Å². The van der Waals surface area contributed by atoms with Crippen LogP contribution in [0.2, 0.25) is 0 Å². The molecule has 1 spiro atoms. The normalized spacial score (nSPS) is 24.3. The van der Waals surface area contributed by atoms with Crippen molar-refractivity contribution in [2.75, 3.05) is 0 Å². The van der Waals surface area contributed by atoms with Crippen LogP contribution in [0.3, 0.4) is 0 Å². The molecule has 0 atom stereocenters. The Morgan fingerprint density at radius 1 is 1.00 bits per heavy atom. The molecule has 1 aromatic carbocycles. The Bertz CT molecular complexity index is 639. The summed E-state index contributed by atoms with van der Waals surface area (Å²) >= 11 is 2.45. The molecule has 0 bridgehead atoms. The standard InChI is InChI=1S/C21H32INO/c1-18(2,3)15-8-14-10-23-21(24-17(14)16(22)9-15)12-19(4,5)11-20(6,7)13-21/h8-9,23H,10-13H2,1-7H3. The highest BCUT2D eigenvalue weighted by atomic mass is 127. The van der Waals surface area contributed by atoms with Gasteiger partial charge >= 0.3 is 0 Å². The SMILES string of the molecule is CC1(C)CC(C)(C)CC2(C1)NCc1cc(C(C)(C)C)cc(I)c1O2. The van der Waals surface area contributed by atoms with E-state index < -0.39 is 0 Å². The van der Waals surface area contributed by atoms with Gasteiger partial charge in [-0.25, -0.2) is 0 Å². The van der Waals surface area contributed by atoms with Crippen molar-refractivity contribution in [1.82, 2.24) is 5.32 Å². The van der Waals surface area contributed by atoms with E-state index in [1.165, 1.54) is 21.1 Å². The van der Waals surface area contributed by atoms with E-state index in [4.69, 9.17) is 4.74 Å². The highest BCUT2D eigenvalue weighted by molar-refractivity contribution is 14.1. The molecule has 3 rings (SSSR count). The first-order chi connectivity index (χ1) is 10.8. The first-order valence-electron chi connectivity index (χ1n) is 9.08. The van der Waals surface area contributed by atoms with Gasteiger partial charge in [-0.15, -0.1) is 0 Å². The van der Waals surface area contributed by atoms with Gasteiger partial charge in [0, 0.05) is 24.9 Å².